The zero-order valence-electron chi connectivity index (χ0n) is 16.5. The molecule has 0 aliphatic heterocycles. The highest BCUT2D eigenvalue weighted by Crippen LogP contribution is 2.25. The van der Waals surface area contributed by atoms with E-state index in [1.807, 2.05) is 36.2 Å². The molecule has 0 amide bonds. The molecule has 0 unspecified atom stereocenters. The lowest BCUT2D eigenvalue weighted by Gasteiger charge is -2.23. The quantitative estimate of drug-likeness (QED) is 0.534. The molecule has 0 radical (unpaired) electrons. The second-order valence-electron chi connectivity index (χ2n) is 6.13. The first kappa shape index (κ1) is 21.5. The van der Waals surface area contributed by atoms with Gasteiger partial charge in [-0.1, -0.05) is 12.1 Å². The van der Waals surface area contributed by atoms with Crippen molar-refractivity contribution in [3.63, 3.8) is 0 Å². The number of nitrogens with two attached hydrogens (primary N) is 1. The lowest BCUT2D eigenvalue weighted by Crippen LogP contribution is -2.38. The Morgan fingerprint density at radius 1 is 1.18 bits per heavy atom. The van der Waals surface area contributed by atoms with E-state index in [4.69, 9.17) is 14.6 Å². The molecule has 0 bridgehead atoms. The summed E-state index contributed by atoms with van der Waals surface area (Å²) in [6.07, 6.45) is 0. The third-order valence-electron chi connectivity index (χ3n) is 4.15. The molecule has 0 saturated carbocycles. The van der Waals surface area contributed by atoms with Gasteiger partial charge in [0.05, 0.1) is 19.1 Å². The molecule has 152 valence electrons. The molecular formula is C19H26N4O4S. The first-order valence-corrected chi connectivity index (χ1v) is 10.1. The number of ether oxygens (including phenoxy) is 2. The van der Waals surface area contributed by atoms with E-state index >= 15 is 0 Å². The van der Waals surface area contributed by atoms with Crippen molar-refractivity contribution >= 4 is 16.0 Å². The number of nitrogens with zero attached hydrogens (tertiary/aromatic N) is 2. The van der Waals surface area contributed by atoms with Crippen molar-refractivity contribution in [3.05, 3.63) is 53.6 Å². The van der Waals surface area contributed by atoms with Crippen LogP contribution in [-0.4, -0.2) is 47.6 Å². The van der Waals surface area contributed by atoms with Crippen molar-refractivity contribution in [3.8, 4) is 11.5 Å². The van der Waals surface area contributed by atoms with Gasteiger partial charge in [-0.2, -0.15) is 0 Å². The van der Waals surface area contributed by atoms with E-state index in [2.05, 4.69) is 10.3 Å². The maximum Gasteiger partial charge on any atom is 0.238 e. The smallest absolute Gasteiger partial charge is 0.238 e. The van der Waals surface area contributed by atoms with Crippen molar-refractivity contribution < 1.29 is 17.9 Å². The fraction of sp³-hybridized carbons (Fsp3) is 0.316. The van der Waals surface area contributed by atoms with Gasteiger partial charge < -0.3 is 19.7 Å². The highest BCUT2D eigenvalue weighted by molar-refractivity contribution is 7.89. The van der Waals surface area contributed by atoms with Crippen molar-refractivity contribution in [2.24, 2.45) is 10.1 Å². The summed E-state index contributed by atoms with van der Waals surface area (Å²) in [6.45, 7) is 0.962. The molecule has 8 nitrogen and oxygen atoms in total. The molecule has 2 aromatic carbocycles. The molecule has 0 spiro atoms. The number of rotatable bonds is 7. The van der Waals surface area contributed by atoms with E-state index in [-0.39, 0.29) is 4.90 Å². The lowest BCUT2D eigenvalue weighted by atomic mass is 10.2. The minimum Gasteiger partial charge on any atom is -0.497 e. The number of sulfonamides is 1. The van der Waals surface area contributed by atoms with Gasteiger partial charge in [0, 0.05) is 38.8 Å². The molecule has 0 aliphatic carbocycles. The second-order valence-corrected chi connectivity index (χ2v) is 7.69. The monoisotopic (exact) mass is 406 g/mol. The summed E-state index contributed by atoms with van der Waals surface area (Å²) in [7, 11) is 3.08. The fourth-order valence-electron chi connectivity index (χ4n) is 2.71. The average molecular weight is 407 g/mol. The Kier molecular flexibility index (Phi) is 7.24. The van der Waals surface area contributed by atoms with Gasteiger partial charge >= 0.3 is 0 Å². The van der Waals surface area contributed by atoms with Crippen LogP contribution in [0.3, 0.4) is 0 Å². The van der Waals surface area contributed by atoms with Gasteiger partial charge in [0.15, 0.2) is 5.96 Å². The second kappa shape index (κ2) is 9.43. The van der Waals surface area contributed by atoms with Crippen LogP contribution in [0.25, 0.3) is 0 Å². The van der Waals surface area contributed by atoms with Gasteiger partial charge in [0.2, 0.25) is 10.0 Å². The van der Waals surface area contributed by atoms with Crippen LogP contribution in [0.15, 0.2) is 52.4 Å². The van der Waals surface area contributed by atoms with E-state index < -0.39 is 10.0 Å². The number of hydrogen-bond acceptors (Lipinski definition) is 5. The maximum absolute atomic E-state index is 11.5. The molecule has 2 aromatic rings. The van der Waals surface area contributed by atoms with E-state index in [1.165, 1.54) is 6.07 Å². The first-order valence-electron chi connectivity index (χ1n) is 8.53. The zero-order valence-corrected chi connectivity index (χ0v) is 17.3. The third-order valence-corrected chi connectivity index (χ3v) is 5.06. The van der Waals surface area contributed by atoms with Crippen LogP contribution >= 0.6 is 0 Å². The third kappa shape index (κ3) is 5.61. The SMILES string of the molecule is CN=C(NCc1cccc(S(N)(=O)=O)c1)N(C)Cc1ccc(OC)cc1OC. The molecule has 9 heteroatoms. The predicted molar refractivity (Wildman–Crippen MR) is 109 cm³/mol. The Morgan fingerprint density at radius 3 is 2.54 bits per heavy atom. The fourth-order valence-corrected chi connectivity index (χ4v) is 3.30. The summed E-state index contributed by atoms with van der Waals surface area (Å²) >= 11 is 0. The molecule has 0 atom stereocenters. The van der Waals surface area contributed by atoms with Crippen LogP contribution in [0.5, 0.6) is 11.5 Å². The molecule has 3 N–H and O–H groups in total. The standard InChI is InChI=1S/C19H26N4O4S/c1-21-19(22-12-14-6-5-7-17(10-14)28(20,24)25)23(2)13-15-8-9-16(26-3)11-18(15)27-4/h5-11H,12-13H2,1-4H3,(H,21,22)(H2,20,24,25). The van der Waals surface area contributed by atoms with Crippen LogP contribution in [-0.2, 0) is 23.1 Å². The van der Waals surface area contributed by atoms with Gasteiger partial charge in [-0.05, 0) is 29.8 Å². The topological polar surface area (TPSA) is 106 Å². The zero-order chi connectivity index (χ0) is 20.7. The molecular weight excluding hydrogens is 380 g/mol. The van der Waals surface area contributed by atoms with Crippen LogP contribution in [0.2, 0.25) is 0 Å². The van der Waals surface area contributed by atoms with Crippen molar-refractivity contribution in [2.45, 2.75) is 18.0 Å². The number of benzene rings is 2. The molecule has 0 heterocycles. The van der Waals surface area contributed by atoms with Crippen molar-refractivity contribution in [1.29, 1.82) is 0 Å². The lowest BCUT2D eigenvalue weighted by molar-refractivity contribution is 0.382. The summed E-state index contributed by atoms with van der Waals surface area (Å²) in [5.74, 6) is 2.10. The Balaban J connectivity index is 2.08. The van der Waals surface area contributed by atoms with E-state index in [1.54, 1.807) is 33.4 Å². The van der Waals surface area contributed by atoms with Crippen molar-refractivity contribution in [1.82, 2.24) is 10.2 Å². The van der Waals surface area contributed by atoms with Crippen LogP contribution in [0, 0.1) is 0 Å². The maximum atomic E-state index is 11.5. The van der Waals surface area contributed by atoms with Gasteiger partial charge in [0.25, 0.3) is 0 Å². The van der Waals surface area contributed by atoms with Crippen LogP contribution < -0.4 is 19.9 Å². The highest BCUT2D eigenvalue weighted by Gasteiger charge is 2.12. The van der Waals surface area contributed by atoms with E-state index in [9.17, 15) is 8.42 Å². The van der Waals surface area contributed by atoms with E-state index in [0.717, 1.165) is 22.6 Å². The summed E-state index contributed by atoms with van der Waals surface area (Å²) in [6, 6.07) is 12.1. The summed E-state index contributed by atoms with van der Waals surface area (Å²) in [5, 5.41) is 8.41. The minimum absolute atomic E-state index is 0.0816. The number of nitrogens with one attached hydrogen (secondary N) is 1. The molecule has 0 aliphatic rings. The largest absolute Gasteiger partial charge is 0.497 e. The molecule has 0 saturated heterocycles. The number of guanidine groups is 1. The first-order chi connectivity index (χ1) is 13.3. The Bertz CT molecular complexity index is 945. The van der Waals surface area contributed by atoms with Gasteiger partial charge in [-0.3, -0.25) is 4.99 Å². The Labute approximate surface area is 166 Å². The molecule has 2 rings (SSSR count). The van der Waals surface area contributed by atoms with Gasteiger partial charge in [-0.15, -0.1) is 0 Å². The summed E-state index contributed by atoms with van der Waals surface area (Å²) in [5.41, 5.74) is 1.76. The van der Waals surface area contributed by atoms with Gasteiger partial charge in [-0.25, -0.2) is 13.6 Å². The molecule has 28 heavy (non-hydrogen) atoms. The number of methoxy groups -OCH3 is 2. The Hall–Kier alpha value is -2.78. The van der Waals surface area contributed by atoms with Crippen LogP contribution in [0.4, 0.5) is 0 Å². The minimum atomic E-state index is -3.73. The Morgan fingerprint density at radius 2 is 1.93 bits per heavy atom. The average Bonchev–Trinajstić information content (AvgIpc) is 2.68. The van der Waals surface area contributed by atoms with E-state index in [0.29, 0.717) is 19.0 Å². The summed E-state index contributed by atoms with van der Waals surface area (Å²) < 4.78 is 33.7. The van der Waals surface area contributed by atoms with Crippen molar-refractivity contribution in [2.75, 3.05) is 28.3 Å². The molecule has 0 fully saturated rings. The summed E-state index contributed by atoms with van der Waals surface area (Å²) in [4.78, 5) is 6.30. The molecule has 0 aromatic heterocycles. The predicted octanol–water partition coefficient (Wildman–Crippen LogP) is 1.56. The normalized spacial score (nSPS) is 11.8. The van der Waals surface area contributed by atoms with Gasteiger partial charge in [0.1, 0.15) is 11.5 Å². The highest BCUT2D eigenvalue weighted by atomic mass is 32.2. The van der Waals surface area contributed by atoms with Crippen LogP contribution in [0.1, 0.15) is 11.1 Å². The number of aliphatic imine (C=N–C) groups is 1. The number of primary sulfonamides is 1. The number of hydrogen-bond donors (Lipinski definition) is 2.